The van der Waals surface area contributed by atoms with E-state index >= 15 is 0 Å². The van der Waals surface area contributed by atoms with E-state index in [0.29, 0.717) is 5.25 Å². The van der Waals surface area contributed by atoms with Gasteiger partial charge in [-0.25, -0.2) is 0 Å². The lowest BCUT2D eigenvalue weighted by Crippen LogP contribution is -2.51. The van der Waals surface area contributed by atoms with Crippen LogP contribution in [0.4, 0.5) is 0 Å². The van der Waals surface area contributed by atoms with Gasteiger partial charge in [0.05, 0.1) is 6.04 Å². The van der Waals surface area contributed by atoms with Crippen LogP contribution in [-0.4, -0.2) is 46.5 Å². The number of thioether (sulfide) groups is 2. The number of rotatable bonds is 6. The third kappa shape index (κ3) is 5.85. The first kappa shape index (κ1) is 16.2. The fourth-order valence-electron chi connectivity index (χ4n) is 1.59. The molecule has 2 N–H and O–H groups in total. The Balaban J connectivity index is 2.26. The van der Waals surface area contributed by atoms with E-state index in [1.165, 1.54) is 17.3 Å². The van der Waals surface area contributed by atoms with Crippen molar-refractivity contribution in [2.75, 3.05) is 23.8 Å². The van der Waals surface area contributed by atoms with Crippen molar-refractivity contribution in [3.63, 3.8) is 0 Å². The molecule has 1 rings (SSSR count). The van der Waals surface area contributed by atoms with Gasteiger partial charge in [0.1, 0.15) is 0 Å². The highest BCUT2D eigenvalue weighted by Gasteiger charge is 2.22. The summed E-state index contributed by atoms with van der Waals surface area (Å²) in [5.41, 5.74) is -0.109. The maximum atomic E-state index is 12.0. The third-order valence-corrected chi connectivity index (χ3v) is 6.12. The lowest BCUT2D eigenvalue weighted by molar-refractivity contribution is -0.124. The molecule has 0 aromatic carbocycles. The molecule has 5 heteroatoms. The molecule has 1 aliphatic rings. The molecule has 0 aromatic rings. The van der Waals surface area contributed by atoms with E-state index in [2.05, 4.69) is 31.4 Å². The molecule has 2 unspecified atom stereocenters. The SMILES string of the molecule is CCC(C)(C)NC(=O)C(C)NCC1CSCCS1. The van der Waals surface area contributed by atoms with Gasteiger partial charge in [-0.3, -0.25) is 4.79 Å². The molecule has 3 nitrogen and oxygen atoms in total. The number of hydrogen-bond acceptors (Lipinski definition) is 4. The fraction of sp³-hybridized carbons (Fsp3) is 0.923. The summed E-state index contributed by atoms with van der Waals surface area (Å²) in [4.78, 5) is 12.0. The van der Waals surface area contributed by atoms with Gasteiger partial charge in [-0.05, 0) is 27.2 Å². The minimum atomic E-state index is -0.109. The van der Waals surface area contributed by atoms with E-state index < -0.39 is 0 Å². The van der Waals surface area contributed by atoms with E-state index in [4.69, 9.17) is 0 Å². The van der Waals surface area contributed by atoms with E-state index in [0.717, 1.165) is 13.0 Å². The standard InChI is InChI=1S/C13H26N2OS2/c1-5-13(3,4)15-12(16)10(2)14-8-11-9-17-6-7-18-11/h10-11,14H,5-9H2,1-4H3,(H,15,16). The van der Waals surface area contributed by atoms with Gasteiger partial charge < -0.3 is 10.6 Å². The molecule has 0 aromatic heterocycles. The average molecular weight is 290 g/mol. The lowest BCUT2D eigenvalue weighted by Gasteiger charge is -2.28. The van der Waals surface area contributed by atoms with Crippen molar-refractivity contribution >= 4 is 29.4 Å². The summed E-state index contributed by atoms with van der Waals surface area (Å²) in [6.07, 6.45) is 0.945. The summed E-state index contributed by atoms with van der Waals surface area (Å²) in [6, 6.07) is -0.108. The number of carbonyl (C=O) groups is 1. The summed E-state index contributed by atoms with van der Waals surface area (Å²) < 4.78 is 0. The molecule has 18 heavy (non-hydrogen) atoms. The van der Waals surface area contributed by atoms with Gasteiger partial charge in [0.2, 0.25) is 5.91 Å². The van der Waals surface area contributed by atoms with Crippen molar-refractivity contribution in [3.05, 3.63) is 0 Å². The van der Waals surface area contributed by atoms with Crippen LogP contribution in [0.15, 0.2) is 0 Å². The molecule has 0 spiro atoms. The number of hydrogen-bond donors (Lipinski definition) is 2. The molecule has 2 atom stereocenters. The molecule has 0 aliphatic carbocycles. The Morgan fingerprint density at radius 1 is 1.44 bits per heavy atom. The predicted molar refractivity (Wildman–Crippen MR) is 83.5 cm³/mol. The second kappa shape index (κ2) is 7.65. The Labute approximate surface area is 120 Å². The highest BCUT2D eigenvalue weighted by Crippen LogP contribution is 2.23. The van der Waals surface area contributed by atoms with Gasteiger partial charge in [-0.15, -0.1) is 0 Å². The first-order valence-corrected chi connectivity index (χ1v) is 8.89. The van der Waals surface area contributed by atoms with Gasteiger partial charge in [-0.2, -0.15) is 23.5 Å². The van der Waals surface area contributed by atoms with Crippen LogP contribution >= 0.6 is 23.5 Å². The van der Waals surface area contributed by atoms with E-state index in [-0.39, 0.29) is 17.5 Å². The minimum Gasteiger partial charge on any atom is -0.350 e. The zero-order valence-corrected chi connectivity index (χ0v) is 13.5. The van der Waals surface area contributed by atoms with Crippen molar-refractivity contribution in [1.82, 2.24) is 10.6 Å². The largest absolute Gasteiger partial charge is 0.350 e. The molecule has 106 valence electrons. The van der Waals surface area contributed by atoms with E-state index in [9.17, 15) is 4.79 Å². The summed E-state index contributed by atoms with van der Waals surface area (Å²) >= 11 is 4.03. The summed E-state index contributed by atoms with van der Waals surface area (Å²) in [6.45, 7) is 9.09. The Kier molecular flexibility index (Phi) is 6.88. The smallest absolute Gasteiger partial charge is 0.237 e. The molecule has 0 saturated carbocycles. The average Bonchev–Trinajstić information content (AvgIpc) is 2.36. The van der Waals surface area contributed by atoms with Crippen LogP contribution in [0.25, 0.3) is 0 Å². The molecule has 1 heterocycles. The zero-order chi connectivity index (χ0) is 13.6. The Morgan fingerprint density at radius 2 is 2.17 bits per heavy atom. The van der Waals surface area contributed by atoms with Crippen LogP contribution in [0, 0.1) is 0 Å². The van der Waals surface area contributed by atoms with Crippen LogP contribution in [-0.2, 0) is 4.79 Å². The summed E-state index contributed by atoms with van der Waals surface area (Å²) in [7, 11) is 0. The number of carbonyl (C=O) groups excluding carboxylic acids is 1. The molecule has 1 amide bonds. The van der Waals surface area contributed by atoms with E-state index in [1.54, 1.807) is 0 Å². The maximum absolute atomic E-state index is 12.0. The highest BCUT2D eigenvalue weighted by atomic mass is 32.2. The third-order valence-electron chi connectivity index (χ3n) is 3.28. The molecule has 1 fully saturated rings. The highest BCUT2D eigenvalue weighted by molar-refractivity contribution is 8.06. The lowest BCUT2D eigenvalue weighted by atomic mass is 10.0. The summed E-state index contributed by atoms with van der Waals surface area (Å²) in [5, 5.41) is 7.08. The quantitative estimate of drug-likeness (QED) is 0.786. The molecule has 1 saturated heterocycles. The molecule has 1 aliphatic heterocycles. The fourth-order valence-corrected chi connectivity index (χ4v) is 4.21. The van der Waals surface area contributed by atoms with E-state index in [1.807, 2.05) is 30.4 Å². The topological polar surface area (TPSA) is 41.1 Å². The van der Waals surface area contributed by atoms with Crippen molar-refractivity contribution in [2.45, 2.75) is 50.9 Å². The van der Waals surface area contributed by atoms with Crippen molar-refractivity contribution in [3.8, 4) is 0 Å². The normalized spacial score (nSPS) is 22.6. The van der Waals surface area contributed by atoms with Gasteiger partial charge in [0.15, 0.2) is 0 Å². The first-order valence-electron chi connectivity index (χ1n) is 6.69. The second-order valence-electron chi connectivity index (χ2n) is 5.42. The Bertz CT molecular complexity index is 266. The molecule has 0 radical (unpaired) electrons. The summed E-state index contributed by atoms with van der Waals surface area (Å²) in [5.74, 6) is 3.81. The minimum absolute atomic E-state index is 0.107. The van der Waals surface area contributed by atoms with Crippen LogP contribution in [0.1, 0.15) is 34.1 Å². The number of amides is 1. The van der Waals surface area contributed by atoms with Crippen LogP contribution in [0.5, 0.6) is 0 Å². The monoisotopic (exact) mass is 290 g/mol. The Hall–Kier alpha value is 0.130. The number of nitrogens with one attached hydrogen (secondary N) is 2. The van der Waals surface area contributed by atoms with Crippen molar-refractivity contribution < 1.29 is 4.79 Å². The predicted octanol–water partition coefficient (Wildman–Crippen LogP) is 2.12. The molecule has 0 bridgehead atoms. The van der Waals surface area contributed by atoms with Gasteiger partial charge in [0.25, 0.3) is 0 Å². The van der Waals surface area contributed by atoms with Crippen molar-refractivity contribution in [1.29, 1.82) is 0 Å². The Morgan fingerprint density at radius 3 is 2.72 bits per heavy atom. The molecular weight excluding hydrogens is 264 g/mol. The van der Waals surface area contributed by atoms with Gasteiger partial charge in [-0.1, -0.05) is 6.92 Å². The van der Waals surface area contributed by atoms with Crippen LogP contribution in [0.3, 0.4) is 0 Å². The zero-order valence-electron chi connectivity index (χ0n) is 11.9. The van der Waals surface area contributed by atoms with Crippen LogP contribution in [0.2, 0.25) is 0 Å². The van der Waals surface area contributed by atoms with Crippen molar-refractivity contribution in [2.24, 2.45) is 0 Å². The maximum Gasteiger partial charge on any atom is 0.237 e. The second-order valence-corrected chi connectivity index (χ2v) is 7.98. The molecular formula is C13H26N2OS2. The van der Waals surface area contributed by atoms with Gasteiger partial charge >= 0.3 is 0 Å². The van der Waals surface area contributed by atoms with Crippen LogP contribution < -0.4 is 10.6 Å². The van der Waals surface area contributed by atoms with Gasteiger partial charge in [0, 0.05) is 34.6 Å². The first-order chi connectivity index (χ1) is 8.44.